The first-order valence-electron chi connectivity index (χ1n) is 9.78. The molecule has 30 heavy (non-hydrogen) atoms. The zero-order valence-electron chi connectivity index (χ0n) is 17.4. The summed E-state index contributed by atoms with van der Waals surface area (Å²) in [6.07, 6.45) is 2.88. The lowest BCUT2D eigenvalue weighted by atomic mass is 10.2. The highest BCUT2D eigenvalue weighted by atomic mass is 32.2. The molecule has 0 saturated carbocycles. The Labute approximate surface area is 185 Å². The zero-order chi connectivity index (χ0) is 21.9. The van der Waals surface area contributed by atoms with Gasteiger partial charge in [0.25, 0.3) is 5.56 Å². The molecular weight excluding hydrogens is 418 g/mol. The Morgan fingerprint density at radius 2 is 1.93 bits per heavy atom. The van der Waals surface area contributed by atoms with Gasteiger partial charge in [0.15, 0.2) is 5.16 Å². The maximum atomic E-state index is 12.9. The summed E-state index contributed by atoms with van der Waals surface area (Å²) in [7, 11) is 0. The van der Waals surface area contributed by atoms with Gasteiger partial charge < -0.3 is 10.4 Å². The third-order valence-electron chi connectivity index (χ3n) is 4.02. The molecule has 0 saturated heterocycles. The molecule has 0 radical (unpaired) electrons. The van der Waals surface area contributed by atoms with E-state index in [1.54, 1.807) is 40.6 Å². The number of hydrogen-bond acceptors (Lipinski definition) is 6. The SMILES string of the molecule is CC.CSCCCn1c(SCC(=O)Nc2cccc(O)c2)nc2ccccc2c1=O. The van der Waals surface area contributed by atoms with Crippen molar-refractivity contribution in [2.75, 3.05) is 23.1 Å². The van der Waals surface area contributed by atoms with Crippen molar-refractivity contribution in [2.45, 2.75) is 32.0 Å². The molecule has 1 aromatic heterocycles. The number of para-hydroxylation sites is 1. The third kappa shape index (κ3) is 6.53. The lowest BCUT2D eigenvalue weighted by molar-refractivity contribution is -0.113. The van der Waals surface area contributed by atoms with Crippen molar-refractivity contribution in [3.8, 4) is 5.75 Å². The molecular formula is C22H27N3O3S2. The Morgan fingerprint density at radius 3 is 2.67 bits per heavy atom. The van der Waals surface area contributed by atoms with Crippen LogP contribution in [-0.2, 0) is 11.3 Å². The van der Waals surface area contributed by atoms with Gasteiger partial charge in [0, 0.05) is 18.3 Å². The Bertz CT molecular complexity index is 1040. The predicted molar refractivity (Wildman–Crippen MR) is 128 cm³/mol. The normalized spacial score (nSPS) is 10.4. The molecule has 1 amide bonds. The lowest BCUT2D eigenvalue weighted by Crippen LogP contribution is -2.24. The molecule has 0 aliphatic heterocycles. The van der Waals surface area contributed by atoms with Crippen LogP contribution in [0.2, 0.25) is 0 Å². The zero-order valence-corrected chi connectivity index (χ0v) is 19.1. The average Bonchev–Trinajstić information content (AvgIpc) is 2.75. The number of amides is 1. The first-order chi connectivity index (χ1) is 14.6. The second kappa shape index (κ2) is 12.3. The van der Waals surface area contributed by atoms with Gasteiger partial charge in [-0.25, -0.2) is 4.98 Å². The summed E-state index contributed by atoms with van der Waals surface area (Å²) in [5.74, 6) is 0.919. The van der Waals surface area contributed by atoms with Gasteiger partial charge in [0.05, 0.1) is 16.7 Å². The maximum absolute atomic E-state index is 12.9. The average molecular weight is 446 g/mol. The quantitative estimate of drug-likeness (QED) is 0.299. The van der Waals surface area contributed by atoms with E-state index in [1.165, 1.54) is 23.9 Å². The number of rotatable bonds is 8. The van der Waals surface area contributed by atoms with Gasteiger partial charge in [-0.1, -0.05) is 43.8 Å². The number of aromatic nitrogens is 2. The molecule has 3 rings (SSSR count). The summed E-state index contributed by atoms with van der Waals surface area (Å²) in [6, 6.07) is 13.6. The van der Waals surface area contributed by atoms with Crippen molar-refractivity contribution in [1.29, 1.82) is 0 Å². The molecule has 0 aliphatic carbocycles. The van der Waals surface area contributed by atoms with Crippen LogP contribution in [0.4, 0.5) is 5.69 Å². The van der Waals surface area contributed by atoms with Gasteiger partial charge in [-0.05, 0) is 42.7 Å². The van der Waals surface area contributed by atoms with E-state index in [-0.39, 0.29) is 23.0 Å². The third-order valence-corrected chi connectivity index (χ3v) is 5.69. The Morgan fingerprint density at radius 1 is 1.17 bits per heavy atom. The minimum Gasteiger partial charge on any atom is -0.508 e. The fraction of sp³-hybridized carbons (Fsp3) is 0.318. The summed E-state index contributed by atoms with van der Waals surface area (Å²) < 4.78 is 1.66. The number of carbonyl (C=O) groups is 1. The minimum atomic E-state index is -0.228. The van der Waals surface area contributed by atoms with Crippen molar-refractivity contribution in [1.82, 2.24) is 9.55 Å². The largest absolute Gasteiger partial charge is 0.508 e. The van der Waals surface area contributed by atoms with E-state index >= 15 is 0 Å². The number of aromatic hydroxyl groups is 1. The Hall–Kier alpha value is -2.45. The van der Waals surface area contributed by atoms with E-state index < -0.39 is 0 Å². The Kier molecular flexibility index (Phi) is 9.76. The van der Waals surface area contributed by atoms with Crippen LogP contribution in [-0.4, -0.2) is 38.3 Å². The van der Waals surface area contributed by atoms with E-state index in [2.05, 4.69) is 10.3 Å². The van der Waals surface area contributed by atoms with Crippen LogP contribution in [0.1, 0.15) is 20.3 Å². The molecule has 6 nitrogen and oxygen atoms in total. The second-order valence-electron chi connectivity index (χ2n) is 6.10. The van der Waals surface area contributed by atoms with Gasteiger partial charge in [0.2, 0.25) is 5.91 Å². The van der Waals surface area contributed by atoms with E-state index in [4.69, 9.17) is 0 Å². The summed E-state index contributed by atoms with van der Waals surface area (Å²) in [5.41, 5.74) is 1.07. The molecule has 2 aromatic carbocycles. The summed E-state index contributed by atoms with van der Waals surface area (Å²) in [4.78, 5) is 29.8. The number of benzene rings is 2. The van der Waals surface area contributed by atoms with Gasteiger partial charge in [-0.2, -0.15) is 11.8 Å². The highest BCUT2D eigenvalue weighted by Gasteiger charge is 2.13. The summed E-state index contributed by atoms with van der Waals surface area (Å²) >= 11 is 2.97. The van der Waals surface area contributed by atoms with Crippen molar-refractivity contribution in [3.63, 3.8) is 0 Å². The van der Waals surface area contributed by atoms with Gasteiger partial charge in [-0.3, -0.25) is 14.2 Å². The molecule has 8 heteroatoms. The number of nitrogens with zero attached hydrogens (tertiary/aromatic N) is 2. The lowest BCUT2D eigenvalue weighted by Gasteiger charge is -2.13. The fourth-order valence-electron chi connectivity index (χ4n) is 2.73. The van der Waals surface area contributed by atoms with Gasteiger partial charge >= 0.3 is 0 Å². The number of phenolic OH excluding ortho intramolecular Hbond substituents is 1. The molecule has 0 unspecified atom stereocenters. The van der Waals surface area contributed by atoms with E-state index in [0.717, 1.165) is 12.2 Å². The van der Waals surface area contributed by atoms with Crippen molar-refractivity contribution in [2.24, 2.45) is 0 Å². The topological polar surface area (TPSA) is 84.2 Å². The number of fused-ring (bicyclic) bond motifs is 1. The number of anilines is 1. The minimum absolute atomic E-state index is 0.0809. The smallest absolute Gasteiger partial charge is 0.262 e. The number of carbonyl (C=O) groups excluding carboxylic acids is 1. The van der Waals surface area contributed by atoms with Crippen molar-refractivity contribution >= 4 is 46.0 Å². The molecule has 0 spiro atoms. The van der Waals surface area contributed by atoms with Crippen LogP contribution >= 0.6 is 23.5 Å². The number of thioether (sulfide) groups is 2. The highest BCUT2D eigenvalue weighted by Crippen LogP contribution is 2.20. The highest BCUT2D eigenvalue weighted by molar-refractivity contribution is 7.99. The molecule has 0 fully saturated rings. The number of nitrogens with one attached hydrogen (secondary N) is 1. The van der Waals surface area contributed by atoms with Crippen LogP contribution in [0.3, 0.4) is 0 Å². The van der Waals surface area contributed by atoms with Crippen LogP contribution < -0.4 is 10.9 Å². The summed E-state index contributed by atoms with van der Waals surface area (Å²) in [5, 5.41) is 13.4. The van der Waals surface area contributed by atoms with Crippen LogP contribution in [0.5, 0.6) is 5.75 Å². The van der Waals surface area contributed by atoms with Gasteiger partial charge in [-0.15, -0.1) is 0 Å². The first kappa shape index (κ1) is 23.8. The predicted octanol–water partition coefficient (Wildman–Crippen LogP) is 4.61. The molecule has 3 aromatic rings. The van der Waals surface area contributed by atoms with E-state index in [9.17, 15) is 14.7 Å². The van der Waals surface area contributed by atoms with E-state index in [0.29, 0.717) is 28.3 Å². The molecule has 160 valence electrons. The fourth-order valence-corrected chi connectivity index (χ4v) is 3.98. The molecule has 0 atom stereocenters. The van der Waals surface area contributed by atoms with Gasteiger partial charge in [0.1, 0.15) is 5.75 Å². The number of hydrogen-bond donors (Lipinski definition) is 2. The van der Waals surface area contributed by atoms with Crippen LogP contribution in [0, 0.1) is 0 Å². The molecule has 0 bridgehead atoms. The van der Waals surface area contributed by atoms with Crippen LogP contribution in [0.25, 0.3) is 10.9 Å². The maximum Gasteiger partial charge on any atom is 0.262 e. The standard InChI is InChI=1S/C20H21N3O3S2.C2H6/c1-27-11-5-10-23-19(26)16-8-2-3-9-17(16)22-20(23)28-13-18(25)21-14-6-4-7-15(24)12-14;1-2/h2-4,6-9,12,24H,5,10-11,13H2,1H3,(H,21,25);1-2H3. The first-order valence-corrected chi connectivity index (χ1v) is 12.2. The molecule has 2 N–H and O–H groups in total. The second-order valence-corrected chi connectivity index (χ2v) is 8.03. The summed E-state index contributed by atoms with van der Waals surface area (Å²) in [6.45, 7) is 4.56. The van der Waals surface area contributed by atoms with Crippen LogP contribution in [0.15, 0.2) is 58.5 Å². The molecule has 1 heterocycles. The van der Waals surface area contributed by atoms with Crippen molar-refractivity contribution < 1.29 is 9.90 Å². The van der Waals surface area contributed by atoms with E-state index in [1.807, 2.05) is 32.2 Å². The Balaban J connectivity index is 0.00000155. The number of phenols is 1. The van der Waals surface area contributed by atoms with Crippen molar-refractivity contribution in [3.05, 3.63) is 58.9 Å². The molecule has 0 aliphatic rings. The monoisotopic (exact) mass is 445 g/mol.